The average Bonchev–Trinajstić information content (AvgIpc) is 2.35. The molecule has 0 unspecified atom stereocenters. The summed E-state index contributed by atoms with van der Waals surface area (Å²) in [4.78, 5) is 16.0. The van der Waals surface area contributed by atoms with Crippen molar-refractivity contribution in [3.63, 3.8) is 0 Å². The van der Waals surface area contributed by atoms with E-state index in [4.69, 9.17) is 11.6 Å². The fraction of sp³-hybridized carbons (Fsp3) is 0. The third-order valence-electron chi connectivity index (χ3n) is 2.19. The summed E-state index contributed by atoms with van der Waals surface area (Å²) in [6, 6.07) is 8.53. The maximum Gasteiger partial charge on any atom is 0.255 e. The summed E-state index contributed by atoms with van der Waals surface area (Å²) in [6.45, 7) is 0. The van der Waals surface area contributed by atoms with Crippen LogP contribution in [0.5, 0.6) is 0 Å². The predicted octanol–water partition coefficient (Wildman–Crippen LogP) is 4.51. The van der Waals surface area contributed by atoms with E-state index < -0.39 is 0 Å². The van der Waals surface area contributed by atoms with Gasteiger partial charge in [-0.3, -0.25) is 4.79 Å². The zero-order valence-electron chi connectivity index (χ0n) is 8.95. The largest absolute Gasteiger partial charge is 0.320 e. The number of carbonyl (C=O) groups excluding carboxylic acids is 1. The van der Waals surface area contributed by atoms with Crippen molar-refractivity contribution >= 4 is 55.1 Å². The molecule has 6 heteroatoms. The third kappa shape index (κ3) is 3.10. The quantitative estimate of drug-likeness (QED) is 0.767. The lowest BCUT2D eigenvalue weighted by molar-refractivity contribution is 0.102. The molecule has 92 valence electrons. The van der Waals surface area contributed by atoms with Gasteiger partial charge in [-0.05, 0) is 62.2 Å². The van der Waals surface area contributed by atoms with Crippen molar-refractivity contribution in [3.05, 3.63) is 56.2 Å². The van der Waals surface area contributed by atoms with Gasteiger partial charge in [0.05, 0.1) is 10.7 Å². The molecule has 2 aromatic rings. The molecule has 0 bridgehead atoms. The van der Waals surface area contributed by atoms with Crippen LogP contribution in [0.25, 0.3) is 0 Å². The van der Waals surface area contributed by atoms with Gasteiger partial charge in [-0.2, -0.15) is 0 Å². The van der Waals surface area contributed by atoms with E-state index in [-0.39, 0.29) is 5.91 Å². The summed E-state index contributed by atoms with van der Waals surface area (Å²) >= 11 is 12.5. The van der Waals surface area contributed by atoms with Crippen molar-refractivity contribution in [1.29, 1.82) is 0 Å². The fourth-order valence-electron chi connectivity index (χ4n) is 1.31. The Morgan fingerprint density at radius 3 is 2.72 bits per heavy atom. The SMILES string of the molecule is O=C(Nc1cccnc1Br)c1ccc(Br)c(Cl)c1. The molecule has 0 atom stereocenters. The zero-order valence-corrected chi connectivity index (χ0v) is 12.9. The fourth-order valence-corrected chi connectivity index (χ4v) is 2.09. The lowest BCUT2D eigenvalue weighted by atomic mass is 10.2. The Bertz CT molecular complexity index is 604. The van der Waals surface area contributed by atoms with Gasteiger partial charge in [-0.15, -0.1) is 0 Å². The predicted molar refractivity (Wildman–Crippen MR) is 79.0 cm³/mol. The van der Waals surface area contributed by atoms with Gasteiger partial charge in [-0.1, -0.05) is 11.6 Å². The van der Waals surface area contributed by atoms with Gasteiger partial charge >= 0.3 is 0 Å². The standard InChI is InChI=1S/C12H7Br2ClN2O/c13-8-4-3-7(6-9(8)15)12(18)17-10-2-1-5-16-11(10)14/h1-6H,(H,17,18). The summed E-state index contributed by atoms with van der Waals surface area (Å²) in [5.41, 5.74) is 1.10. The van der Waals surface area contributed by atoms with E-state index in [0.29, 0.717) is 20.9 Å². The summed E-state index contributed by atoms with van der Waals surface area (Å²) in [6.07, 6.45) is 1.64. The van der Waals surface area contributed by atoms with E-state index >= 15 is 0 Å². The van der Waals surface area contributed by atoms with E-state index in [1.807, 2.05) is 0 Å². The lowest BCUT2D eigenvalue weighted by Crippen LogP contribution is -2.12. The normalized spacial score (nSPS) is 10.2. The molecule has 0 spiro atoms. The van der Waals surface area contributed by atoms with Crippen LogP contribution in [-0.2, 0) is 0 Å². The van der Waals surface area contributed by atoms with Crippen LogP contribution in [0.3, 0.4) is 0 Å². The van der Waals surface area contributed by atoms with Gasteiger partial charge in [0.15, 0.2) is 0 Å². The second kappa shape index (κ2) is 5.82. The van der Waals surface area contributed by atoms with E-state index in [1.165, 1.54) is 0 Å². The Morgan fingerprint density at radius 2 is 2.06 bits per heavy atom. The topological polar surface area (TPSA) is 42.0 Å². The molecule has 1 aromatic carbocycles. The van der Waals surface area contributed by atoms with E-state index in [2.05, 4.69) is 42.2 Å². The number of pyridine rings is 1. The number of benzene rings is 1. The first-order valence-electron chi connectivity index (χ1n) is 4.95. The number of aromatic nitrogens is 1. The summed E-state index contributed by atoms with van der Waals surface area (Å²) in [7, 11) is 0. The molecular formula is C12H7Br2ClN2O. The molecule has 0 aliphatic rings. The van der Waals surface area contributed by atoms with Crippen molar-refractivity contribution < 1.29 is 4.79 Å². The van der Waals surface area contributed by atoms with Crippen LogP contribution in [0.15, 0.2) is 45.6 Å². The third-order valence-corrected chi connectivity index (χ3v) is 4.05. The van der Waals surface area contributed by atoms with Gasteiger partial charge in [0.2, 0.25) is 0 Å². The zero-order chi connectivity index (χ0) is 13.1. The highest BCUT2D eigenvalue weighted by atomic mass is 79.9. The molecule has 1 heterocycles. The number of hydrogen-bond acceptors (Lipinski definition) is 2. The first kappa shape index (κ1) is 13.5. The summed E-state index contributed by atoms with van der Waals surface area (Å²) < 4.78 is 1.34. The van der Waals surface area contributed by atoms with Gasteiger partial charge in [0, 0.05) is 16.2 Å². The Labute approximate surface area is 126 Å². The van der Waals surface area contributed by atoms with Gasteiger partial charge in [0.25, 0.3) is 5.91 Å². The number of carbonyl (C=O) groups is 1. The van der Waals surface area contributed by atoms with Gasteiger partial charge < -0.3 is 5.32 Å². The minimum absolute atomic E-state index is 0.238. The number of nitrogens with zero attached hydrogens (tertiary/aromatic N) is 1. The molecule has 3 nitrogen and oxygen atoms in total. The minimum Gasteiger partial charge on any atom is -0.320 e. The average molecular weight is 390 g/mol. The first-order valence-corrected chi connectivity index (χ1v) is 6.91. The Balaban J connectivity index is 2.22. The molecule has 1 amide bonds. The van der Waals surface area contributed by atoms with Crippen molar-refractivity contribution in [3.8, 4) is 0 Å². The first-order chi connectivity index (χ1) is 8.58. The smallest absolute Gasteiger partial charge is 0.255 e. The van der Waals surface area contributed by atoms with E-state index in [9.17, 15) is 4.79 Å². The second-order valence-electron chi connectivity index (χ2n) is 3.42. The maximum absolute atomic E-state index is 12.0. The maximum atomic E-state index is 12.0. The van der Waals surface area contributed by atoms with Crippen molar-refractivity contribution in [1.82, 2.24) is 4.98 Å². The lowest BCUT2D eigenvalue weighted by Gasteiger charge is -2.07. The van der Waals surface area contributed by atoms with Crippen LogP contribution in [0.2, 0.25) is 5.02 Å². The van der Waals surface area contributed by atoms with E-state index in [0.717, 1.165) is 4.47 Å². The number of amides is 1. The molecule has 1 N–H and O–H groups in total. The van der Waals surface area contributed by atoms with Gasteiger partial charge in [0.1, 0.15) is 4.60 Å². The van der Waals surface area contributed by atoms with Crippen LogP contribution in [0.1, 0.15) is 10.4 Å². The molecule has 0 saturated heterocycles. The highest BCUT2D eigenvalue weighted by molar-refractivity contribution is 9.10. The second-order valence-corrected chi connectivity index (χ2v) is 5.44. The molecule has 0 fully saturated rings. The summed E-state index contributed by atoms with van der Waals surface area (Å²) in [5.74, 6) is -0.238. The van der Waals surface area contributed by atoms with Crippen LogP contribution in [0.4, 0.5) is 5.69 Å². The Hall–Kier alpha value is -0.910. The van der Waals surface area contributed by atoms with Crippen molar-refractivity contribution in [2.75, 3.05) is 5.32 Å². The van der Waals surface area contributed by atoms with E-state index in [1.54, 1.807) is 36.5 Å². The monoisotopic (exact) mass is 388 g/mol. The van der Waals surface area contributed by atoms with Crippen LogP contribution in [-0.4, -0.2) is 10.9 Å². The van der Waals surface area contributed by atoms with Crippen LogP contribution >= 0.6 is 43.5 Å². The minimum atomic E-state index is -0.238. The number of rotatable bonds is 2. The molecule has 0 saturated carbocycles. The number of nitrogens with one attached hydrogen (secondary N) is 1. The summed E-state index contributed by atoms with van der Waals surface area (Å²) in [5, 5.41) is 3.24. The van der Waals surface area contributed by atoms with Crippen molar-refractivity contribution in [2.24, 2.45) is 0 Å². The molecule has 1 aromatic heterocycles. The molecule has 2 rings (SSSR count). The van der Waals surface area contributed by atoms with Gasteiger partial charge in [-0.25, -0.2) is 4.98 Å². The number of anilines is 1. The molecule has 18 heavy (non-hydrogen) atoms. The molecule has 0 aliphatic heterocycles. The number of halogens is 3. The van der Waals surface area contributed by atoms with Crippen LogP contribution in [0, 0.1) is 0 Å². The highest BCUT2D eigenvalue weighted by Crippen LogP contribution is 2.24. The van der Waals surface area contributed by atoms with Crippen LogP contribution < -0.4 is 5.32 Å². The molecular weight excluding hydrogens is 383 g/mol. The Morgan fingerprint density at radius 1 is 1.28 bits per heavy atom. The Kier molecular flexibility index (Phi) is 4.37. The molecule has 0 aliphatic carbocycles. The highest BCUT2D eigenvalue weighted by Gasteiger charge is 2.10. The number of hydrogen-bond donors (Lipinski definition) is 1. The van der Waals surface area contributed by atoms with Crippen molar-refractivity contribution in [2.45, 2.75) is 0 Å². The molecule has 0 radical (unpaired) electrons.